The molecule has 3 nitrogen and oxygen atoms in total. The topological polar surface area (TPSA) is 55.1 Å². The molecular weight excluding hydrogens is 347 g/mol. The molecule has 0 saturated heterocycles. The maximum atomic E-state index is 13.5. The fraction of sp³-hybridized carbons (Fsp3) is 0.0714. The van der Waals surface area contributed by atoms with Crippen LogP contribution in [0.2, 0.25) is 5.02 Å². The van der Waals surface area contributed by atoms with E-state index in [9.17, 15) is 9.18 Å². The van der Waals surface area contributed by atoms with Crippen LogP contribution in [0.1, 0.15) is 15.9 Å². The average molecular weight is 358 g/mol. The Morgan fingerprint density at radius 3 is 2.70 bits per heavy atom. The van der Waals surface area contributed by atoms with E-state index in [1.54, 1.807) is 25.1 Å². The Hall–Kier alpha value is -1.59. The number of hydrogen-bond acceptors (Lipinski definition) is 2. The molecule has 0 fully saturated rings. The number of halogens is 3. The van der Waals surface area contributed by atoms with Crippen LogP contribution in [0.4, 0.5) is 15.8 Å². The minimum atomic E-state index is -0.443. The molecule has 2 aromatic rings. The first-order valence-electron chi connectivity index (χ1n) is 5.70. The summed E-state index contributed by atoms with van der Waals surface area (Å²) in [7, 11) is 0. The molecule has 0 aliphatic carbocycles. The molecule has 3 N–H and O–H groups in total. The van der Waals surface area contributed by atoms with E-state index in [1.807, 2.05) is 0 Å². The van der Waals surface area contributed by atoms with E-state index in [-0.39, 0.29) is 5.91 Å². The van der Waals surface area contributed by atoms with Crippen LogP contribution in [0.5, 0.6) is 0 Å². The monoisotopic (exact) mass is 356 g/mol. The Labute approximate surface area is 129 Å². The summed E-state index contributed by atoms with van der Waals surface area (Å²) in [5.74, 6) is -0.820. The molecule has 0 aliphatic rings. The summed E-state index contributed by atoms with van der Waals surface area (Å²) in [5, 5.41) is 3.02. The van der Waals surface area contributed by atoms with E-state index in [2.05, 4.69) is 21.2 Å². The Balaban J connectivity index is 2.27. The maximum Gasteiger partial charge on any atom is 0.255 e. The van der Waals surface area contributed by atoms with Gasteiger partial charge in [0.1, 0.15) is 5.82 Å². The van der Waals surface area contributed by atoms with Gasteiger partial charge in [0, 0.05) is 11.3 Å². The van der Waals surface area contributed by atoms with Gasteiger partial charge >= 0.3 is 0 Å². The fourth-order valence-electron chi connectivity index (χ4n) is 1.66. The molecule has 20 heavy (non-hydrogen) atoms. The predicted molar refractivity (Wildman–Crippen MR) is 82.7 cm³/mol. The third kappa shape index (κ3) is 3.11. The Morgan fingerprint density at radius 2 is 2.05 bits per heavy atom. The highest BCUT2D eigenvalue weighted by molar-refractivity contribution is 9.10. The fourth-order valence-corrected chi connectivity index (χ4v) is 2.24. The third-order valence-corrected chi connectivity index (χ3v) is 3.73. The van der Waals surface area contributed by atoms with Crippen molar-refractivity contribution in [3.05, 3.63) is 56.8 Å². The third-order valence-electron chi connectivity index (χ3n) is 2.77. The van der Waals surface area contributed by atoms with Crippen molar-refractivity contribution in [1.82, 2.24) is 0 Å². The highest BCUT2D eigenvalue weighted by Gasteiger charge is 2.11. The summed E-state index contributed by atoms with van der Waals surface area (Å²) in [5.41, 5.74) is 7.47. The first-order chi connectivity index (χ1) is 9.38. The standard InChI is InChI=1S/C14H11BrClFN2O/c1-7-4-9(15)11(17)6-13(7)19-14(20)8-2-3-10(16)12(18)5-8/h2-6H,18H2,1H3,(H,19,20). The number of amides is 1. The van der Waals surface area contributed by atoms with Gasteiger partial charge in [0.2, 0.25) is 0 Å². The van der Waals surface area contributed by atoms with E-state index in [1.165, 1.54) is 12.1 Å². The second-order valence-corrected chi connectivity index (χ2v) is 5.53. The molecule has 0 heterocycles. The number of nitrogens with one attached hydrogen (secondary N) is 1. The quantitative estimate of drug-likeness (QED) is 0.783. The van der Waals surface area contributed by atoms with E-state index < -0.39 is 5.82 Å². The molecule has 0 aromatic heterocycles. The number of aryl methyl sites for hydroxylation is 1. The molecule has 0 bridgehead atoms. The van der Waals surface area contributed by atoms with Gasteiger partial charge in [-0.2, -0.15) is 0 Å². The summed E-state index contributed by atoms with van der Waals surface area (Å²) in [6.07, 6.45) is 0. The van der Waals surface area contributed by atoms with Gasteiger partial charge in [-0.1, -0.05) is 11.6 Å². The number of carbonyl (C=O) groups is 1. The van der Waals surface area contributed by atoms with Crippen LogP contribution in [0.3, 0.4) is 0 Å². The minimum Gasteiger partial charge on any atom is -0.398 e. The zero-order chi connectivity index (χ0) is 14.9. The second-order valence-electron chi connectivity index (χ2n) is 4.27. The van der Waals surface area contributed by atoms with E-state index >= 15 is 0 Å². The number of hydrogen-bond donors (Lipinski definition) is 2. The number of benzene rings is 2. The number of carbonyl (C=O) groups excluding carboxylic acids is 1. The van der Waals surface area contributed by atoms with Gasteiger partial charge in [0.15, 0.2) is 0 Å². The van der Waals surface area contributed by atoms with Gasteiger partial charge in [0.25, 0.3) is 5.91 Å². The van der Waals surface area contributed by atoms with Gasteiger partial charge < -0.3 is 11.1 Å². The molecule has 6 heteroatoms. The number of anilines is 2. The normalized spacial score (nSPS) is 10.4. The van der Waals surface area contributed by atoms with Crippen LogP contribution >= 0.6 is 27.5 Å². The molecular formula is C14H11BrClFN2O. The van der Waals surface area contributed by atoms with Gasteiger partial charge in [-0.15, -0.1) is 0 Å². The molecule has 0 atom stereocenters. The summed E-state index contributed by atoms with van der Waals surface area (Å²) >= 11 is 8.89. The van der Waals surface area contributed by atoms with E-state index in [0.717, 1.165) is 5.56 Å². The lowest BCUT2D eigenvalue weighted by Gasteiger charge is -2.10. The Bertz CT molecular complexity index is 691. The molecule has 2 rings (SSSR count). The highest BCUT2D eigenvalue weighted by Crippen LogP contribution is 2.25. The predicted octanol–water partition coefficient (Wildman–Crippen LogP) is 4.38. The minimum absolute atomic E-state index is 0.318. The lowest BCUT2D eigenvalue weighted by Crippen LogP contribution is -2.13. The zero-order valence-electron chi connectivity index (χ0n) is 10.5. The van der Waals surface area contributed by atoms with Gasteiger partial charge in [0.05, 0.1) is 15.2 Å². The van der Waals surface area contributed by atoms with Crippen LogP contribution in [0, 0.1) is 12.7 Å². The zero-order valence-corrected chi connectivity index (χ0v) is 12.8. The van der Waals surface area contributed by atoms with Crippen LogP contribution < -0.4 is 11.1 Å². The molecule has 2 aromatic carbocycles. The maximum absolute atomic E-state index is 13.5. The van der Waals surface area contributed by atoms with Crippen molar-refractivity contribution in [3.8, 4) is 0 Å². The van der Waals surface area contributed by atoms with Crippen molar-refractivity contribution < 1.29 is 9.18 Å². The van der Waals surface area contributed by atoms with Crippen molar-refractivity contribution in [1.29, 1.82) is 0 Å². The molecule has 1 amide bonds. The summed E-state index contributed by atoms with van der Waals surface area (Å²) in [4.78, 5) is 12.1. The molecule has 104 valence electrons. The summed E-state index contributed by atoms with van der Waals surface area (Å²) < 4.78 is 13.8. The average Bonchev–Trinajstić information content (AvgIpc) is 2.39. The first-order valence-corrected chi connectivity index (χ1v) is 6.87. The molecule has 0 radical (unpaired) electrons. The van der Waals surface area contributed by atoms with Gasteiger partial charge in [-0.3, -0.25) is 4.79 Å². The molecule has 0 unspecified atom stereocenters. The van der Waals surface area contributed by atoms with Crippen LogP contribution in [0.15, 0.2) is 34.8 Å². The van der Waals surface area contributed by atoms with Gasteiger partial charge in [-0.25, -0.2) is 4.39 Å². The van der Waals surface area contributed by atoms with Crippen molar-refractivity contribution in [2.75, 3.05) is 11.1 Å². The molecule has 0 saturated carbocycles. The number of rotatable bonds is 2. The highest BCUT2D eigenvalue weighted by atomic mass is 79.9. The summed E-state index contributed by atoms with van der Waals surface area (Å²) in [6, 6.07) is 7.43. The smallest absolute Gasteiger partial charge is 0.255 e. The Morgan fingerprint density at radius 1 is 1.35 bits per heavy atom. The van der Waals surface area contributed by atoms with Crippen molar-refractivity contribution in [3.63, 3.8) is 0 Å². The van der Waals surface area contributed by atoms with Crippen LogP contribution in [-0.2, 0) is 0 Å². The van der Waals surface area contributed by atoms with E-state index in [4.69, 9.17) is 17.3 Å². The van der Waals surface area contributed by atoms with Crippen LogP contribution in [0.25, 0.3) is 0 Å². The number of nitrogen functional groups attached to an aromatic ring is 1. The molecule has 0 spiro atoms. The molecule has 0 aliphatic heterocycles. The van der Waals surface area contributed by atoms with Crippen molar-refractivity contribution in [2.45, 2.75) is 6.92 Å². The van der Waals surface area contributed by atoms with Gasteiger partial charge in [-0.05, 0) is 58.7 Å². The SMILES string of the molecule is Cc1cc(Br)c(F)cc1NC(=O)c1ccc(Cl)c(N)c1. The van der Waals surface area contributed by atoms with E-state index in [0.29, 0.717) is 26.4 Å². The lowest BCUT2D eigenvalue weighted by atomic mass is 10.1. The lowest BCUT2D eigenvalue weighted by molar-refractivity contribution is 0.102. The summed E-state index contributed by atoms with van der Waals surface area (Å²) in [6.45, 7) is 1.77. The Kier molecular flexibility index (Phi) is 4.30. The largest absolute Gasteiger partial charge is 0.398 e. The number of nitrogens with two attached hydrogens (primary N) is 1. The van der Waals surface area contributed by atoms with Crippen molar-refractivity contribution in [2.24, 2.45) is 0 Å². The second kappa shape index (κ2) is 5.81. The van der Waals surface area contributed by atoms with Crippen molar-refractivity contribution >= 4 is 44.8 Å². The first kappa shape index (κ1) is 14.8. The van der Waals surface area contributed by atoms with Crippen LogP contribution in [-0.4, -0.2) is 5.91 Å².